The Morgan fingerprint density at radius 3 is 2.76 bits per heavy atom. The molecule has 1 heterocycles. The summed E-state index contributed by atoms with van der Waals surface area (Å²) in [7, 11) is 0. The van der Waals surface area contributed by atoms with E-state index >= 15 is 0 Å². The van der Waals surface area contributed by atoms with Crippen LogP contribution in [0.3, 0.4) is 0 Å². The van der Waals surface area contributed by atoms with Crippen molar-refractivity contribution in [3.63, 3.8) is 0 Å². The number of nitrogens with zero attached hydrogens (tertiary/aromatic N) is 2. The van der Waals surface area contributed by atoms with E-state index in [1.54, 1.807) is 0 Å². The third-order valence-electron chi connectivity index (χ3n) is 4.28. The third kappa shape index (κ3) is 3.31. The summed E-state index contributed by atoms with van der Waals surface area (Å²) in [6, 6.07) is 13.4. The van der Waals surface area contributed by atoms with Crippen molar-refractivity contribution in [2.24, 2.45) is 0 Å². The number of fused-ring (bicyclic) bond motifs is 1. The lowest BCUT2D eigenvalue weighted by atomic mass is 10.1. The molecule has 0 unspecified atom stereocenters. The second-order valence-corrected chi connectivity index (χ2v) is 5.66. The van der Waals surface area contributed by atoms with Crippen LogP contribution in [0.25, 0.3) is 0 Å². The quantitative estimate of drug-likeness (QED) is 0.885. The fraction of sp³-hybridized carbons (Fsp3) is 0.389. The second kappa shape index (κ2) is 6.83. The van der Waals surface area contributed by atoms with Gasteiger partial charge in [-0.15, -0.1) is 0 Å². The monoisotopic (exact) mass is 282 g/mol. The summed E-state index contributed by atoms with van der Waals surface area (Å²) in [5.41, 5.74) is 4.23. The number of aromatic nitrogens is 1. The topological polar surface area (TPSA) is 36.4 Å². The van der Waals surface area contributed by atoms with E-state index < -0.39 is 0 Å². The van der Waals surface area contributed by atoms with Gasteiger partial charge >= 0.3 is 0 Å². The van der Waals surface area contributed by atoms with Gasteiger partial charge in [0.25, 0.3) is 0 Å². The van der Waals surface area contributed by atoms with Gasteiger partial charge in [0.05, 0.1) is 0 Å². The second-order valence-electron chi connectivity index (χ2n) is 5.66. The Kier molecular flexibility index (Phi) is 4.63. The molecule has 0 saturated carbocycles. The molecule has 3 nitrogen and oxygen atoms in total. The first-order valence-corrected chi connectivity index (χ1v) is 7.70. The molecule has 0 spiro atoms. The smallest absolute Gasteiger partial charge is 0.0443 e. The Bertz CT molecular complexity index is 570. The first kappa shape index (κ1) is 14.2. The average molecular weight is 282 g/mol. The Morgan fingerprint density at radius 2 is 1.95 bits per heavy atom. The molecule has 1 N–H and O–H groups in total. The van der Waals surface area contributed by atoms with Crippen LogP contribution in [-0.4, -0.2) is 28.1 Å². The van der Waals surface area contributed by atoms with E-state index in [0.29, 0.717) is 6.04 Å². The number of hydrogen-bond donors (Lipinski definition) is 1. The Labute approximate surface area is 126 Å². The molecule has 1 atom stereocenters. The number of aryl methyl sites for hydroxylation is 1. The van der Waals surface area contributed by atoms with E-state index in [-0.39, 0.29) is 6.61 Å². The maximum atomic E-state index is 9.18. The molecule has 1 aromatic heterocycles. The molecule has 3 rings (SSSR count). The van der Waals surface area contributed by atoms with Gasteiger partial charge in [-0.1, -0.05) is 24.3 Å². The van der Waals surface area contributed by atoms with E-state index in [4.69, 9.17) is 0 Å². The van der Waals surface area contributed by atoms with Gasteiger partial charge in [-0.05, 0) is 48.1 Å². The zero-order valence-electron chi connectivity index (χ0n) is 12.3. The molecule has 110 valence electrons. The Morgan fingerprint density at radius 1 is 1.14 bits per heavy atom. The molecule has 0 radical (unpaired) electrons. The predicted molar refractivity (Wildman–Crippen MR) is 83.9 cm³/mol. The lowest BCUT2D eigenvalue weighted by Gasteiger charge is -2.29. The lowest BCUT2D eigenvalue weighted by Crippen LogP contribution is -2.28. The van der Waals surface area contributed by atoms with Crippen molar-refractivity contribution in [3.05, 3.63) is 65.5 Å². The van der Waals surface area contributed by atoms with Gasteiger partial charge in [-0.25, -0.2) is 0 Å². The maximum Gasteiger partial charge on any atom is 0.0443 e. The Balaban J connectivity index is 1.80. The fourth-order valence-corrected chi connectivity index (χ4v) is 3.26. The number of aliphatic hydroxyl groups is 1. The summed E-state index contributed by atoms with van der Waals surface area (Å²) in [6.07, 6.45) is 6.86. The maximum absolute atomic E-state index is 9.18. The van der Waals surface area contributed by atoms with Crippen molar-refractivity contribution >= 4 is 0 Å². The molecule has 21 heavy (non-hydrogen) atoms. The molecule has 3 heteroatoms. The van der Waals surface area contributed by atoms with Crippen LogP contribution in [0.1, 0.15) is 35.6 Å². The molecule has 0 aliphatic heterocycles. The van der Waals surface area contributed by atoms with Crippen LogP contribution < -0.4 is 0 Å². The molecular formula is C18H22N2O. The van der Waals surface area contributed by atoms with Gasteiger partial charge in [0.2, 0.25) is 0 Å². The largest absolute Gasteiger partial charge is 0.396 e. The van der Waals surface area contributed by atoms with E-state index in [2.05, 4.69) is 46.3 Å². The van der Waals surface area contributed by atoms with Gasteiger partial charge in [0.15, 0.2) is 0 Å². The number of pyridine rings is 1. The standard InChI is InChI=1S/C18H22N2O/c21-13-3-12-20(14-15-8-10-19-11-9-15)18-7-6-16-4-1-2-5-17(16)18/h1-2,4-5,8-11,18,21H,3,6-7,12-14H2/t18-/m0/s1. The van der Waals surface area contributed by atoms with Crippen molar-refractivity contribution in [2.45, 2.75) is 31.8 Å². The van der Waals surface area contributed by atoms with Crippen LogP contribution in [-0.2, 0) is 13.0 Å². The molecule has 2 aromatic rings. The molecule has 0 bridgehead atoms. The highest BCUT2D eigenvalue weighted by molar-refractivity contribution is 5.34. The van der Waals surface area contributed by atoms with Gasteiger partial charge in [0, 0.05) is 38.1 Å². The van der Waals surface area contributed by atoms with E-state index in [1.807, 2.05) is 12.4 Å². The molecule has 0 saturated heterocycles. The minimum atomic E-state index is 0.251. The van der Waals surface area contributed by atoms with E-state index in [9.17, 15) is 5.11 Å². The zero-order valence-corrected chi connectivity index (χ0v) is 12.3. The number of hydrogen-bond acceptors (Lipinski definition) is 3. The van der Waals surface area contributed by atoms with Gasteiger partial charge in [-0.2, -0.15) is 0 Å². The van der Waals surface area contributed by atoms with Crippen LogP contribution in [0.5, 0.6) is 0 Å². The van der Waals surface area contributed by atoms with Crippen molar-refractivity contribution in [2.75, 3.05) is 13.2 Å². The van der Waals surface area contributed by atoms with Crippen molar-refractivity contribution < 1.29 is 5.11 Å². The van der Waals surface area contributed by atoms with E-state index in [1.165, 1.54) is 23.1 Å². The van der Waals surface area contributed by atoms with Crippen molar-refractivity contribution in [3.8, 4) is 0 Å². The highest BCUT2D eigenvalue weighted by atomic mass is 16.3. The number of aliphatic hydroxyl groups excluding tert-OH is 1. The summed E-state index contributed by atoms with van der Waals surface area (Å²) < 4.78 is 0. The molecule has 1 aliphatic carbocycles. The summed E-state index contributed by atoms with van der Waals surface area (Å²) >= 11 is 0. The van der Waals surface area contributed by atoms with Crippen molar-refractivity contribution in [1.29, 1.82) is 0 Å². The fourth-order valence-electron chi connectivity index (χ4n) is 3.26. The van der Waals surface area contributed by atoms with E-state index in [0.717, 1.165) is 25.9 Å². The summed E-state index contributed by atoms with van der Waals surface area (Å²) in [5, 5.41) is 9.18. The SMILES string of the molecule is OCCCN(Cc1ccncc1)[C@H]1CCc2ccccc21. The molecule has 0 amide bonds. The highest BCUT2D eigenvalue weighted by Crippen LogP contribution is 2.36. The normalized spacial score (nSPS) is 17.1. The van der Waals surface area contributed by atoms with Crippen LogP contribution in [0.4, 0.5) is 0 Å². The predicted octanol–water partition coefficient (Wildman–Crippen LogP) is 2.95. The summed E-state index contributed by atoms with van der Waals surface area (Å²) in [4.78, 5) is 6.59. The molecular weight excluding hydrogens is 260 g/mol. The van der Waals surface area contributed by atoms with Gasteiger partial charge < -0.3 is 5.11 Å². The number of rotatable bonds is 6. The minimum Gasteiger partial charge on any atom is -0.396 e. The van der Waals surface area contributed by atoms with Crippen LogP contribution >= 0.6 is 0 Å². The zero-order chi connectivity index (χ0) is 14.5. The minimum absolute atomic E-state index is 0.251. The third-order valence-corrected chi connectivity index (χ3v) is 4.28. The van der Waals surface area contributed by atoms with Gasteiger partial charge in [-0.3, -0.25) is 9.88 Å². The van der Waals surface area contributed by atoms with Crippen LogP contribution in [0, 0.1) is 0 Å². The van der Waals surface area contributed by atoms with Gasteiger partial charge in [0.1, 0.15) is 0 Å². The summed E-state index contributed by atoms with van der Waals surface area (Å²) in [6.45, 7) is 2.10. The average Bonchev–Trinajstić information content (AvgIpc) is 2.96. The molecule has 0 fully saturated rings. The van der Waals surface area contributed by atoms with Crippen molar-refractivity contribution in [1.82, 2.24) is 9.88 Å². The van der Waals surface area contributed by atoms with Crippen LogP contribution in [0.15, 0.2) is 48.8 Å². The Hall–Kier alpha value is -1.71. The molecule has 1 aromatic carbocycles. The molecule has 1 aliphatic rings. The van der Waals surface area contributed by atoms with Crippen LogP contribution in [0.2, 0.25) is 0 Å². The highest BCUT2D eigenvalue weighted by Gasteiger charge is 2.27. The first-order valence-electron chi connectivity index (χ1n) is 7.70. The lowest BCUT2D eigenvalue weighted by molar-refractivity contribution is 0.166. The summed E-state index contributed by atoms with van der Waals surface area (Å²) in [5.74, 6) is 0. The first-order chi connectivity index (χ1) is 10.4. The number of benzene rings is 1.